The molecule has 0 bridgehead atoms. The van der Waals surface area contributed by atoms with E-state index in [0.29, 0.717) is 6.61 Å². The molecule has 0 saturated heterocycles. The van der Waals surface area contributed by atoms with E-state index in [0.717, 1.165) is 59.6 Å². The topological polar surface area (TPSA) is 77.4 Å². The lowest BCUT2D eigenvalue weighted by molar-refractivity contribution is 0.181. The van der Waals surface area contributed by atoms with E-state index in [4.69, 9.17) is 28.9 Å². The van der Waals surface area contributed by atoms with Gasteiger partial charge in [0.05, 0.1) is 21.3 Å². The molecule has 0 fully saturated rings. The van der Waals surface area contributed by atoms with Crippen molar-refractivity contribution < 1.29 is 28.9 Å². The first-order chi connectivity index (χ1) is 16.5. The van der Waals surface area contributed by atoms with Crippen LogP contribution in [0.1, 0.15) is 42.4 Å². The molecule has 180 valence electrons. The van der Waals surface area contributed by atoms with Crippen LogP contribution in [0.4, 0.5) is 0 Å². The zero-order valence-electron chi connectivity index (χ0n) is 20.1. The summed E-state index contributed by atoms with van der Waals surface area (Å²) in [5.74, 6) is 2.42. The molecule has 0 atom stereocenters. The SMILES string of the molecule is COc1ccc(C(CCCCCOB(O)O)(c2ccc(OC)cc2)c2ccc(OC)cc2)cc1. The van der Waals surface area contributed by atoms with Crippen molar-refractivity contribution in [2.24, 2.45) is 0 Å². The summed E-state index contributed by atoms with van der Waals surface area (Å²) in [5.41, 5.74) is 3.06. The predicted octanol–water partition coefficient (Wildman–Crippen LogP) is 4.59. The maximum atomic E-state index is 8.92. The van der Waals surface area contributed by atoms with Crippen molar-refractivity contribution in [2.75, 3.05) is 27.9 Å². The molecule has 0 heterocycles. The first-order valence-corrected chi connectivity index (χ1v) is 11.4. The van der Waals surface area contributed by atoms with E-state index in [1.165, 1.54) is 0 Å². The summed E-state index contributed by atoms with van der Waals surface area (Å²) in [6, 6.07) is 24.7. The van der Waals surface area contributed by atoms with Gasteiger partial charge < -0.3 is 28.9 Å². The smallest absolute Gasteiger partial charge is 0.497 e. The van der Waals surface area contributed by atoms with Crippen LogP contribution < -0.4 is 14.2 Å². The molecule has 0 saturated carbocycles. The number of hydrogen-bond acceptors (Lipinski definition) is 6. The molecule has 6 nitrogen and oxygen atoms in total. The highest BCUT2D eigenvalue weighted by Crippen LogP contribution is 2.44. The number of benzene rings is 3. The summed E-state index contributed by atoms with van der Waals surface area (Å²) in [5, 5.41) is 17.8. The molecule has 0 radical (unpaired) electrons. The minimum absolute atomic E-state index is 0.304. The van der Waals surface area contributed by atoms with Crippen molar-refractivity contribution in [3.05, 3.63) is 89.5 Å². The lowest BCUT2D eigenvalue weighted by atomic mass is 9.66. The number of rotatable bonds is 13. The molecular formula is C27H33BO6. The van der Waals surface area contributed by atoms with Crippen molar-refractivity contribution >= 4 is 7.32 Å². The molecule has 3 aromatic carbocycles. The Bertz CT molecular complexity index is 871. The summed E-state index contributed by atoms with van der Waals surface area (Å²) < 4.78 is 21.1. The normalized spacial score (nSPS) is 11.2. The van der Waals surface area contributed by atoms with Gasteiger partial charge in [0, 0.05) is 12.0 Å². The van der Waals surface area contributed by atoms with Gasteiger partial charge in [-0.05, 0) is 65.9 Å². The van der Waals surface area contributed by atoms with E-state index < -0.39 is 12.7 Å². The van der Waals surface area contributed by atoms with Crippen LogP contribution in [0.5, 0.6) is 17.2 Å². The van der Waals surface area contributed by atoms with Crippen LogP contribution in [0.3, 0.4) is 0 Å². The van der Waals surface area contributed by atoms with Gasteiger partial charge in [0.25, 0.3) is 0 Å². The zero-order chi connectivity index (χ0) is 24.4. The fourth-order valence-electron chi connectivity index (χ4n) is 4.42. The van der Waals surface area contributed by atoms with E-state index >= 15 is 0 Å². The first-order valence-electron chi connectivity index (χ1n) is 11.4. The fraction of sp³-hybridized carbons (Fsp3) is 0.333. The van der Waals surface area contributed by atoms with Gasteiger partial charge in [0.1, 0.15) is 17.2 Å². The highest BCUT2D eigenvalue weighted by molar-refractivity contribution is 6.32. The van der Waals surface area contributed by atoms with Gasteiger partial charge in [-0.15, -0.1) is 0 Å². The second-order valence-electron chi connectivity index (χ2n) is 8.10. The van der Waals surface area contributed by atoms with E-state index in [2.05, 4.69) is 36.4 Å². The van der Waals surface area contributed by atoms with Crippen LogP contribution in [0.2, 0.25) is 0 Å². The molecule has 0 aromatic heterocycles. The van der Waals surface area contributed by atoms with Crippen LogP contribution in [-0.2, 0) is 10.1 Å². The van der Waals surface area contributed by atoms with Crippen molar-refractivity contribution in [1.29, 1.82) is 0 Å². The molecular weight excluding hydrogens is 431 g/mol. The second-order valence-corrected chi connectivity index (χ2v) is 8.10. The standard InChI is InChI=1S/C27H33BO6/c1-31-24-13-7-21(8-14-24)27(19-5-4-6-20-34-28(29)30,22-9-15-25(32-2)16-10-22)23-11-17-26(33-3)18-12-23/h7-18,29-30H,4-6,19-20H2,1-3H3. The number of methoxy groups -OCH3 is 3. The van der Waals surface area contributed by atoms with Gasteiger partial charge >= 0.3 is 7.32 Å². The van der Waals surface area contributed by atoms with E-state index in [1.807, 2.05) is 36.4 Å². The van der Waals surface area contributed by atoms with Crippen LogP contribution in [0.15, 0.2) is 72.8 Å². The van der Waals surface area contributed by atoms with Gasteiger partial charge in [-0.1, -0.05) is 49.2 Å². The molecule has 0 aliphatic rings. The fourth-order valence-corrected chi connectivity index (χ4v) is 4.42. The lowest BCUT2D eigenvalue weighted by Crippen LogP contribution is -2.29. The van der Waals surface area contributed by atoms with Crippen LogP contribution in [0.25, 0.3) is 0 Å². The third-order valence-electron chi connectivity index (χ3n) is 6.21. The summed E-state index contributed by atoms with van der Waals surface area (Å²) in [6.45, 7) is 0.304. The Morgan fingerprint density at radius 1 is 0.588 bits per heavy atom. The summed E-state index contributed by atoms with van der Waals surface area (Å²) >= 11 is 0. The molecule has 0 unspecified atom stereocenters. The highest BCUT2D eigenvalue weighted by atomic mass is 16.6. The second kappa shape index (κ2) is 12.5. The number of hydrogen-bond donors (Lipinski definition) is 2. The third kappa shape index (κ3) is 6.11. The molecule has 7 heteroatoms. The summed E-state index contributed by atoms with van der Waals surface area (Å²) in [7, 11) is 3.28. The Morgan fingerprint density at radius 3 is 1.29 bits per heavy atom. The Hall–Kier alpha value is -3.00. The monoisotopic (exact) mass is 464 g/mol. The van der Waals surface area contributed by atoms with Gasteiger partial charge in [-0.3, -0.25) is 0 Å². The van der Waals surface area contributed by atoms with Gasteiger partial charge in [-0.25, -0.2) is 0 Å². The zero-order valence-corrected chi connectivity index (χ0v) is 20.1. The van der Waals surface area contributed by atoms with Crippen molar-refractivity contribution in [3.63, 3.8) is 0 Å². The van der Waals surface area contributed by atoms with Gasteiger partial charge in [0.2, 0.25) is 0 Å². The Labute approximate surface area is 202 Å². The quantitative estimate of drug-likeness (QED) is 0.219. The molecule has 0 spiro atoms. The van der Waals surface area contributed by atoms with Crippen molar-refractivity contribution in [3.8, 4) is 17.2 Å². The summed E-state index contributed by atoms with van der Waals surface area (Å²) in [4.78, 5) is 0. The first kappa shape index (κ1) is 25.6. The maximum Gasteiger partial charge on any atom is 0.633 e. The minimum Gasteiger partial charge on any atom is -0.497 e. The predicted molar refractivity (Wildman–Crippen MR) is 133 cm³/mol. The van der Waals surface area contributed by atoms with Crippen molar-refractivity contribution in [2.45, 2.75) is 31.1 Å². The average molecular weight is 464 g/mol. The maximum absolute atomic E-state index is 8.92. The van der Waals surface area contributed by atoms with Gasteiger partial charge in [0.15, 0.2) is 0 Å². The number of unbranched alkanes of at least 4 members (excludes halogenated alkanes) is 2. The largest absolute Gasteiger partial charge is 0.633 e. The molecule has 0 aliphatic heterocycles. The Morgan fingerprint density at radius 2 is 0.971 bits per heavy atom. The van der Waals surface area contributed by atoms with Crippen LogP contribution in [-0.4, -0.2) is 45.3 Å². The Kier molecular flexibility index (Phi) is 9.39. The molecule has 3 aromatic rings. The highest BCUT2D eigenvalue weighted by Gasteiger charge is 2.36. The third-order valence-corrected chi connectivity index (χ3v) is 6.21. The van der Waals surface area contributed by atoms with Crippen LogP contribution in [0, 0.1) is 0 Å². The van der Waals surface area contributed by atoms with E-state index in [9.17, 15) is 0 Å². The van der Waals surface area contributed by atoms with Crippen LogP contribution >= 0.6 is 0 Å². The molecule has 0 aliphatic carbocycles. The molecule has 34 heavy (non-hydrogen) atoms. The Balaban J connectivity index is 2.05. The van der Waals surface area contributed by atoms with Crippen molar-refractivity contribution in [1.82, 2.24) is 0 Å². The molecule has 0 amide bonds. The summed E-state index contributed by atoms with van der Waals surface area (Å²) in [6.07, 6.45) is 3.38. The molecule has 2 N–H and O–H groups in total. The average Bonchev–Trinajstić information content (AvgIpc) is 2.89. The minimum atomic E-state index is -1.73. The molecule has 3 rings (SSSR count). The van der Waals surface area contributed by atoms with E-state index in [1.54, 1.807) is 21.3 Å². The number of ether oxygens (including phenoxy) is 3. The lowest BCUT2D eigenvalue weighted by Gasteiger charge is -2.36. The van der Waals surface area contributed by atoms with E-state index in [-0.39, 0.29) is 0 Å². The van der Waals surface area contributed by atoms with Gasteiger partial charge in [-0.2, -0.15) is 0 Å².